The predicted octanol–water partition coefficient (Wildman–Crippen LogP) is 1.89. The number of hydrogen-bond acceptors (Lipinski definition) is 7. The van der Waals surface area contributed by atoms with Gasteiger partial charge in [0.25, 0.3) is 0 Å². The summed E-state index contributed by atoms with van der Waals surface area (Å²) in [5, 5.41) is 7.94. The third-order valence-corrected chi connectivity index (χ3v) is 6.93. The Morgan fingerprint density at radius 3 is 2.71 bits per heavy atom. The Morgan fingerprint density at radius 2 is 1.97 bits per heavy atom. The van der Waals surface area contributed by atoms with Crippen LogP contribution in [-0.4, -0.2) is 69.2 Å². The van der Waals surface area contributed by atoms with E-state index >= 15 is 0 Å². The average Bonchev–Trinajstić information content (AvgIpc) is 3.39. The molecular weight excluding hydrogens is 418 g/mol. The van der Waals surface area contributed by atoms with Crippen molar-refractivity contribution in [3.05, 3.63) is 43.0 Å². The van der Waals surface area contributed by atoms with E-state index in [-0.39, 0.29) is 6.04 Å². The number of aromatic nitrogens is 5. The minimum Gasteiger partial charge on any atom is -0.479 e. The van der Waals surface area contributed by atoms with E-state index in [0.717, 1.165) is 22.3 Å². The van der Waals surface area contributed by atoms with Crippen LogP contribution in [0.2, 0.25) is 0 Å². The molecule has 0 amide bonds. The van der Waals surface area contributed by atoms with E-state index in [2.05, 4.69) is 20.4 Å². The van der Waals surface area contributed by atoms with Crippen molar-refractivity contribution >= 4 is 27.1 Å². The van der Waals surface area contributed by atoms with Gasteiger partial charge >= 0.3 is 0 Å². The van der Waals surface area contributed by atoms with Crippen LogP contribution >= 0.6 is 0 Å². The summed E-state index contributed by atoms with van der Waals surface area (Å²) in [6, 6.07) is 6.06. The van der Waals surface area contributed by atoms with Gasteiger partial charge in [-0.25, -0.2) is 22.2 Å². The molecule has 4 aromatic rings. The molecule has 1 fully saturated rings. The topological polar surface area (TPSA) is 106 Å². The predicted molar refractivity (Wildman–Crippen MR) is 117 cm³/mol. The number of ether oxygens (including phenoxy) is 1. The molecule has 1 aliphatic heterocycles. The maximum absolute atomic E-state index is 11.7. The van der Waals surface area contributed by atoms with Crippen molar-refractivity contribution in [2.45, 2.75) is 18.9 Å². The first kappa shape index (κ1) is 19.8. The van der Waals surface area contributed by atoms with E-state index in [1.165, 1.54) is 10.6 Å². The number of hydrogen-bond donors (Lipinski definition) is 1. The van der Waals surface area contributed by atoms with Gasteiger partial charge in [0, 0.05) is 55.0 Å². The monoisotopic (exact) mass is 441 g/mol. The molecule has 1 N–H and O–H groups in total. The molecule has 0 atom stereocenters. The molecule has 0 aliphatic carbocycles. The summed E-state index contributed by atoms with van der Waals surface area (Å²) in [6.45, 7) is 0.973. The molecule has 5 rings (SSSR count). The number of pyridine rings is 1. The summed E-state index contributed by atoms with van der Waals surface area (Å²) in [4.78, 5) is 8.86. The Hall–Kier alpha value is -3.18. The zero-order valence-electron chi connectivity index (χ0n) is 17.3. The van der Waals surface area contributed by atoms with Gasteiger partial charge in [0.15, 0.2) is 0 Å². The lowest BCUT2D eigenvalue weighted by atomic mass is 10.1. The summed E-state index contributed by atoms with van der Waals surface area (Å²) < 4.78 is 34.2. The van der Waals surface area contributed by atoms with Crippen LogP contribution in [0, 0.1) is 0 Å². The van der Waals surface area contributed by atoms with Crippen molar-refractivity contribution in [1.29, 1.82) is 0 Å². The number of imidazole rings is 1. The molecule has 0 spiro atoms. The first-order valence-electron chi connectivity index (χ1n) is 10.0. The standard InChI is InChI=1S/C20H23N7O3S/c1-30-19-18-16(14-3-4-17-21-8-12-25(17)13-14)7-11-27(18)24-20(23-19)22-15-5-9-26(10-6-15)31(2,28)29/h3-4,7-8,11-13,15H,5-6,9-10H2,1-2H3,(H,22,24). The second-order valence-corrected chi connectivity index (χ2v) is 9.64. The molecule has 1 saturated heterocycles. The number of sulfonamides is 1. The normalized spacial score (nSPS) is 16.2. The van der Waals surface area contributed by atoms with Gasteiger partial charge in [-0.05, 0) is 31.0 Å². The fourth-order valence-electron chi connectivity index (χ4n) is 4.02. The van der Waals surface area contributed by atoms with Crippen molar-refractivity contribution in [3.63, 3.8) is 0 Å². The quantitative estimate of drug-likeness (QED) is 0.504. The molecule has 4 aromatic heterocycles. The minimum absolute atomic E-state index is 0.0961. The molecule has 31 heavy (non-hydrogen) atoms. The van der Waals surface area contributed by atoms with Crippen molar-refractivity contribution in [1.82, 2.24) is 28.3 Å². The van der Waals surface area contributed by atoms with E-state index < -0.39 is 10.0 Å². The molecule has 0 bridgehead atoms. The second kappa shape index (κ2) is 7.50. The Morgan fingerprint density at radius 1 is 1.16 bits per heavy atom. The second-order valence-electron chi connectivity index (χ2n) is 7.66. The summed E-state index contributed by atoms with van der Waals surface area (Å²) in [5.41, 5.74) is 3.62. The number of anilines is 1. The van der Waals surface area contributed by atoms with E-state index in [1.54, 1.807) is 17.8 Å². The molecule has 0 unspecified atom stereocenters. The molecule has 10 nitrogen and oxygen atoms in total. The van der Waals surface area contributed by atoms with E-state index in [4.69, 9.17) is 4.74 Å². The number of fused-ring (bicyclic) bond motifs is 2. The van der Waals surface area contributed by atoms with Crippen LogP contribution in [-0.2, 0) is 10.0 Å². The van der Waals surface area contributed by atoms with Gasteiger partial charge in [-0.15, -0.1) is 5.10 Å². The average molecular weight is 442 g/mol. The van der Waals surface area contributed by atoms with Crippen LogP contribution in [0.15, 0.2) is 43.0 Å². The van der Waals surface area contributed by atoms with Gasteiger partial charge in [0.2, 0.25) is 21.9 Å². The highest BCUT2D eigenvalue weighted by atomic mass is 32.2. The molecule has 1 aliphatic rings. The van der Waals surface area contributed by atoms with Crippen molar-refractivity contribution in [2.24, 2.45) is 0 Å². The highest BCUT2D eigenvalue weighted by Crippen LogP contribution is 2.31. The Kier molecular flexibility index (Phi) is 4.78. The summed E-state index contributed by atoms with van der Waals surface area (Å²) >= 11 is 0. The van der Waals surface area contributed by atoms with E-state index in [0.29, 0.717) is 37.8 Å². The highest BCUT2D eigenvalue weighted by molar-refractivity contribution is 7.88. The Labute approximate surface area is 179 Å². The van der Waals surface area contributed by atoms with Gasteiger partial charge in [0.05, 0.1) is 13.4 Å². The largest absolute Gasteiger partial charge is 0.479 e. The van der Waals surface area contributed by atoms with Gasteiger partial charge in [-0.1, -0.05) is 0 Å². The summed E-state index contributed by atoms with van der Waals surface area (Å²) in [7, 11) is -1.56. The van der Waals surface area contributed by atoms with Crippen molar-refractivity contribution in [2.75, 3.05) is 31.8 Å². The number of nitrogens with one attached hydrogen (secondary N) is 1. The molecule has 0 aromatic carbocycles. The maximum atomic E-state index is 11.7. The molecule has 11 heteroatoms. The lowest BCUT2D eigenvalue weighted by Crippen LogP contribution is -2.42. The lowest BCUT2D eigenvalue weighted by Gasteiger charge is -2.30. The maximum Gasteiger partial charge on any atom is 0.244 e. The fraction of sp³-hybridized carbons (Fsp3) is 0.350. The van der Waals surface area contributed by atoms with Crippen LogP contribution < -0.4 is 10.1 Å². The van der Waals surface area contributed by atoms with Crippen LogP contribution in [0.3, 0.4) is 0 Å². The summed E-state index contributed by atoms with van der Waals surface area (Å²) in [6.07, 6.45) is 10.2. The minimum atomic E-state index is -3.15. The van der Waals surface area contributed by atoms with Crippen LogP contribution in [0.25, 0.3) is 22.3 Å². The fourth-order valence-corrected chi connectivity index (χ4v) is 4.90. The first-order valence-corrected chi connectivity index (χ1v) is 11.9. The van der Waals surface area contributed by atoms with Crippen molar-refractivity contribution in [3.8, 4) is 17.0 Å². The molecule has 0 radical (unpaired) electrons. The molecule has 162 valence electrons. The molecule has 0 saturated carbocycles. The highest BCUT2D eigenvalue weighted by Gasteiger charge is 2.26. The van der Waals surface area contributed by atoms with Crippen molar-refractivity contribution < 1.29 is 13.2 Å². The van der Waals surface area contributed by atoms with E-state index in [9.17, 15) is 8.42 Å². The van der Waals surface area contributed by atoms with E-state index in [1.807, 2.05) is 41.2 Å². The molecule has 5 heterocycles. The van der Waals surface area contributed by atoms with Gasteiger partial charge in [-0.3, -0.25) is 0 Å². The third-order valence-electron chi connectivity index (χ3n) is 5.63. The zero-order valence-corrected chi connectivity index (χ0v) is 18.1. The zero-order chi connectivity index (χ0) is 21.6. The lowest BCUT2D eigenvalue weighted by molar-refractivity contribution is 0.330. The van der Waals surface area contributed by atoms with Gasteiger partial charge < -0.3 is 14.5 Å². The Bertz CT molecular complexity index is 1350. The number of methoxy groups -OCH3 is 1. The van der Waals surface area contributed by atoms with Crippen LogP contribution in [0.1, 0.15) is 12.8 Å². The summed E-state index contributed by atoms with van der Waals surface area (Å²) in [5.74, 6) is 0.922. The van der Waals surface area contributed by atoms with Crippen LogP contribution in [0.5, 0.6) is 5.88 Å². The number of rotatable bonds is 5. The Balaban J connectivity index is 1.43. The first-order chi connectivity index (χ1) is 14.9. The van der Waals surface area contributed by atoms with Crippen LogP contribution in [0.4, 0.5) is 5.95 Å². The molecular formula is C20H23N7O3S. The smallest absolute Gasteiger partial charge is 0.244 e. The number of piperidine rings is 1. The van der Waals surface area contributed by atoms with Gasteiger partial charge in [-0.2, -0.15) is 4.98 Å². The number of nitrogens with zero attached hydrogens (tertiary/aromatic N) is 6. The van der Waals surface area contributed by atoms with Gasteiger partial charge in [0.1, 0.15) is 11.2 Å². The SMILES string of the molecule is COc1nc(NC2CCN(S(C)(=O)=O)CC2)nn2ccc(-c3ccc4nccn4c3)c12. The third kappa shape index (κ3) is 3.70.